The van der Waals surface area contributed by atoms with Crippen molar-refractivity contribution in [3.8, 4) is 5.75 Å². The fraction of sp³-hybridized carbons (Fsp3) is 0.240. The number of nitrogens with zero attached hydrogens (tertiary/aromatic N) is 1. The van der Waals surface area contributed by atoms with E-state index in [1.165, 1.54) is 39.7 Å². The Bertz CT molecular complexity index is 1250. The molecule has 1 unspecified atom stereocenters. The summed E-state index contributed by atoms with van der Waals surface area (Å²) in [6.45, 7) is 2.39. The predicted octanol–water partition coefficient (Wildman–Crippen LogP) is 4.65. The highest BCUT2D eigenvalue weighted by molar-refractivity contribution is 7.98. The Morgan fingerprint density at radius 3 is 2.53 bits per heavy atom. The number of amides is 1. The molecular formula is C25H25ClN2O4S2. The Kier molecular flexibility index (Phi) is 7.70. The number of fused-ring (bicyclic) bond motifs is 1. The number of carbonyl (C=O) groups excluding carboxylic acids is 1. The van der Waals surface area contributed by atoms with Gasteiger partial charge in [-0.05, 0) is 48.9 Å². The average molecular weight is 517 g/mol. The number of thioether (sulfide) groups is 1. The molecule has 0 fully saturated rings. The van der Waals surface area contributed by atoms with Gasteiger partial charge in [0.1, 0.15) is 5.75 Å². The molecule has 34 heavy (non-hydrogen) atoms. The lowest BCUT2D eigenvalue weighted by Crippen LogP contribution is -2.51. The number of hydrogen-bond donors (Lipinski definition) is 1. The van der Waals surface area contributed by atoms with Gasteiger partial charge in [-0.2, -0.15) is 11.8 Å². The van der Waals surface area contributed by atoms with Gasteiger partial charge in [0.15, 0.2) is 6.10 Å². The molecule has 1 atom stereocenters. The van der Waals surface area contributed by atoms with Crippen molar-refractivity contribution in [2.45, 2.75) is 23.7 Å². The summed E-state index contributed by atoms with van der Waals surface area (Å²) in [4.78, 5) is 12.9. The fourth-order valence-corrected chi connectivity index (χ4v) is 5.96. The molecule has 0 spiro atoms. The van der Waals surface area contributed by atoms with Crippen LogP contribution >= 0.6 is 23.4 Å². The van der Waals surface area contributed by atoms with E-state index < -0.39 is 16.1 Å². The largest absolute Gasteiger partial charge is 0.476 e. The topological polar surface area (TPSA) is 75.7 Å². The summed E-state index contributed by atoms with van der Waals surface area (Å²) in [5.74, 6) is 1.59. The van der Waals surface area contributed by atoms with E-state index in [4.69, 9.17) is 16.3 Å². The third-order valence-corrected chi connectivity index (χ3v) is 8.44. The van der Waals surface area contributed by atoms with Crippen LogP contribution in [0.5, 0.6) is 5.75 Å². The summed E-state index contributed by atoms with van der Waals surface area (Å²) in [6, 6.07) is 21.1. The number of nitrogens with one attached hydrogen (secondary N) is 1. The first kappa shape index (κ1) is 24.4. The molecule has 3 aromatic carbocycles. The maximum absolute atomic E-state index is 13.4. The van der Waals surface area contributed by atoms with Crippen molar-refractivity contribution >= 4 is 45.0 Å². The number of hydrogen-bond acceptors (Lipinski definition) is 5. The molecule has 0 aromatic heterocycles. The van der Waals surface area contributed by atoms with Crippen LogP contribution in [0.4, 0.5) is 5.69 Å². The maximum Gasteiger partial charge on any atom is 0.264 e. The first-order valence-electron chi connectivity index (χ1n) is 10.8. The van der Waals surface area contributed by atoms with Crippen LogP contribution in [0.2, 0.25) is 5.02 Å². The van der Waals surface area contributed by atoms with Gasteiger partial charge in [0.2, 0.25) is 0 Å². The predicted molar refractivity (Wildman–Crippen MR) is 137 cm³/mol. The van der Waals surface area contributed by atoms with Crippen molar-refractivity contribution in [1.29, 1.82) is 0 Å². The summed E-state index contributed by atoms with van der Waals surface area (Å²) in [5, 5.41) is 3.32. The van der Waals surface area contributed by atoms with Crippen molar-refractivity contribution in [2.24, 2.45) is 0 Å². The molecule has 1 aliphatic rings. The molecule has 6 nitrogen and oxygen atoms in total. The van der Waals surface area contributed by atoms with E-state index in [2.05, 4.69) is 36.5 Å². The number of aryl methyl sites for hydroxylation is 1. The number of anilines is 1. The van der Waals surface area contributed by atoms with Gasteiger partial charge in [-0.3, -0.25) is 9.10 Å². The SMILES string of the molecule is Cc1ccc(CSCCNC(=O)C2CN(S(=O)(=O)c3ccc(Cl)cc3)c3ccccc3O2)cc1. The molecule has 1 heterocycles. The lowest BCUT2D eigenvalue weighted by atomic mass is 10.2. The Morgan fingerprint density at radius 2 is 1.79 bits per heavy atom. The molecule has 0 aliphatic carbocycles. The van der Waals surface area contributed by atoms with Crippen molar-refractivity contribution in [1.82, 2.24) is 5.32 Å². The third-order valence-electron chi connectivity index (χ3n) is 5.36. The van der Waals surface area contributed by atoms with Crippen LogP contribution < -0.4 is 14.4 Å². The van der Waals surface area contributed by atoms with E-state index in [-0.39, 0.29) is 17.3 Å². The zero-order valence-electron chi connectivity index (χ0n) is 18.6. The van der Waals surface area contributed by atoms with Crippen LogP contribution in [-0.4, -0.2) is 39.3 Å². The Hall–Kier alpha value is -2.68. The van der Waals surface area contributed by atoms with Crippen molar-refractivity contribution in [2.75, 3.05) is 23.1 Å². The van der Waals surface area contributed by atoms with Crippen LogP contribution in [0.3, 0.4) is 0 Å². The molecule has 1 aliphatic heterocycles. The first-order chi connectivity index (χ1) is 16.3. The van der Waals surface area contributed by atoms with E-state index in [0.717, 1.165) is 11.5 Å². The van der Waals surface area contributed by atoms with Crippen molar-refractivity contribution in [3.05, 3.63) is 88.9 Å². The quantitative estimate of drug-likeness (QED) is 0.441. The molecule has 3 aromatic rings. The molecule has 1 N–H and O–H groups in total. The second kappa shape index (κ2) is 10.7. The first-order valence-corrected chi connectivity index (χ1v) is 13.8. The second-order valence-corrected chi connectivity index (χ2v) is 11.3. The summed E-state index contributed by atoms with van der Waals surface area (Å²) in [5.41, 5.74) is 2.86. The minimum Gasteiger partial charge on any atom is -0.476 e. The van der Waals surface area contributed by atoms with Crippen molar-refractivity contribution in [3.63, 3.8) is 0 Å². The van der Waals surface area contributed by atoms with Gasteiger partial charge in [0.25, 0.3) is 15.9 Å². The van der Waals surface area contributed by atoms with Gasteiger partial charge < -0.3 is 10.1 Å². The highest BCUT2D eigenvalue weighted by Gasteiger charge is 2.37. The number of ether oxygens (including phenoxy) is 1. The maximum atomic E-state index is 13.4. The fourth-order valence-electron chi connectivity index (χ4n) is 3.53. The summed E-state index contributed by atoms with van der Waals surface area (Å²) >= 11 is 7.64. The van der Waals surface area contributed by atoms with Crippen LogP contribution in [0, 0.1) is 6.92 Å². The van der Waals surface area contributed by atoms with Gasteiger partial charge >= 0.3 is 0 Å². The highest BCUT2D eigenvalue weighted by atomic mass is 35.5. The van der Waals surface area contributed by atoms with Crippen LogP contribution in [0.1, 0.15) is 11.1 Å². The van der Waals surface area contributed by atoms with Crippen molar-refractivity contribution < 1.29 is 17.9 Å². The van der Waals surface area contributed by atoms with E-state index in [9.17, 15) is 13.2 Å². The lowest BCUT2D eigenvalue weighted by molar-refractivity contribution is -0.127. The van der Waals surface area contributed by atoms with E-state index in [0.29, 0.717) is 23.0 Å². The summed E-state index contributed by atoms with van der Waals surface area (Å²) < 4.78 is 33.8. The molecule has 4 rings (SSSR count). The molecule has 1 amide bonds. The van der Waals surface area contributed by atoms with Crippen LogP contribution in [0.15, 0.2) is 77.7 Å². The third kappa shape index (κ3) is 5.68. The van der Waals surface area contributed by atoms with E-state index in [1.54, 1.807) is 36.0 Å². The zero-order valence-corrected chi connectivity index (χ0v) is 21.0. The number of carbonyl (C=O) groups is 1. The molecule has 9 heteroatoms. The van der Waals surface area contributed by atoms with Crippen LogP contribution in [-0.2, 0) is 20.6 Å². The number of para-hydroxylation sites is 2. The van der Waals surface area contributed by atoms with Gasteiger partial charge in [0, 0.05) is 23.1 Å². The van der Waals surface area contributed by atoms with Gasteiger partial charge in [-0.15, -0.1) is 0 Å². The minimum absolute atomic E-state index is 0.0975. The molecular weight excluding hydrogens is 492 g/mol. The van der Waals surface area contributed by atoms with E-state index in [1.807, 2.05) is 0 Å². The standard InChI is InChI=1S/C25H25ClN2O4S2/c1-18-6-8-19(9-7-18)17-33-15-14-27-25(29)24-16-28(22-4-2-3-5-23(22)32-24)34(30,31)21-12-10-20(26)11-13-21/h2-13,24H,14-17H2,1H3,(H,27,29). The minimum atomic E-state index is -3.91. The molecule has 0 saturated carbocycles. The normalized spacial score (nSPS) is 15.4. The second-order valence-electron chi connectivity index (χ2n) is 7.89. The molecule has 178 valence electrons. The average Bonchev–Trinajstić information content (AvgIpc) is 2.84. The van der Waals surface area contributed by atoms with Crippen LogP contribution in [0.25, 0.3) is 0 Å². The highest BCUT2D eigenvalue weighted by Crippen LogP contribution is 2.37. The monoisotopic (exact) mass is 516 g/mol. The Balaban J connectivity index is 1.40. The van der Waals surface area contributed by atoms with Gasteiger partial charge in [-0.1, -0.05) is 53.6 Å². The number of halogens is 1. The number of sulfonamides is 1. The van der Waals surface area contributed by atoms with E-state index >= 15 is 0 Å². The van der Waals surface area contributed by atoms with Gasteiger partial charge in [0.05, 0.1) is 17.1 Å². The van der Waals surface area contributed by atoms with Gasteiger partial charge in [-0.25, -0.2) is 8.42 Å². The number of benzene rings is 3. The molecule has 0 bridgehead atoms. The number of rotatable bonds is 8. The molecule has 0 radical (unpaired) electrons. The smallest absolute Gasteiger partial charge is 0.264 e. The lowest BCUT2D eigenvalue weighted by Gasteiger charge is -2.34. The summed E-state index contributed by atoms with van der Waals surface area (Å²) in [7, 11) is -3.91. The Morgan fingerprint density at radius 1 is 1.09 bits per heavy atom. The summed E-state index contributed by atoms with van der Waals surface area (Å²) in [6.07, 6.45) is -0.959. The molecule has 0 saturated heterocycles. The zero-order chi connectivity index (χ0) is 24.1. The Labute approximate surface area is 209 Å².